The molecule has 24 heavy (non-hydrogen) atoms. The predicted molar refractivity (Wildman–Crippen MR) is 86.1 cm³/mol. The number of carbonyl (C=O) groups excluding carboxylic acids is 2. The maximum atomic E-state index is 12.9. The first-order valence-corrected chi connectivity index (χ1v) is 8.21. The van der Waals surface area contributed by atoms with Crippen molar-refractivity contribution in [3.05, 3.63) is 47.5 Å². The molecule has 0 bridgehead atoms. The summed E-state index contributed by atoms with van der Waals surface area (Å²) in [6.07, 6.45) is 1.99. The van der Waals surface area contributed by atoms with Gasteiger partial charge in [-0.1, -0.05) is 18.2 Å². The normalized spacial score (nSPS) is 19.7. The largest absolute Gasteiger partial charge is 0.351 e. The molecule has 2 aromatic rings. The van der Waals surface area contributed by atoms with Crippen LogP contribution in [0.25, 0.3) is 0 Å². The van der Waals surface area contributed by atoms with Crippen molar-refractivity contribution in [3.8, 4) is 0 Å². The van der Waals surface area contributed by atoms with E-state index in [9.17, 15) is 9.59 Å². The maximum Gasteiger partial charge on any atom is 0.254 e. The minimum absolute atomic E-state index is 0.154. The van der Waals surface area contributed by atoms with Gasteiger partial charge in [-0.25, -0.2) is 0 Å². The average Bonchev–Trinajstić information content (AvgIpc) is 3.35. The van der Waals surface area contributed by atoms with E-state index in [1.165, 1.54) is 0 Å². The SMILES string of the molecule is Cc1nnc2n1CCN(C(=O)c1ccccc1)C2C(=O)NC1CC1. The summed E-state index contributed by atoms with van der Waals surface area (Å²) in [6, 6.07) is 8.54. The molecule has 2 aliphatic rings. The molecule has 1 unspecified atom stereocenters. The van der Waals surface area contributed by atoms with Crippen LogP contribution >= 0.6 is 0 Å². The third-order valence-electron chi connectivity index (χ3n) is 4.54. The van der Waals surface area contributed by atoms with E-state index in [2.05, 4.69) is 15.5 Å². The van der Waals surface area contributed by atoms with Crippen LogP contribution in [0.3, 0.4) is 0 Å². The molecule has 0 saturated heterocycles. The molecule has 1 aromatic heterocycles. The second kappa shape index (κ2) is 5.74. The fraction of sp³-hybridized carbons (Fsp3) is 0.412. The zero-order valence-electron chi connectivity index (χ0n) is 13.5. The molecule has 2 amide bonds. The number of nitrogens with one attached hydrogen (secondary N) is 1. The standard InChI is InChI=1S/C17H19N5O2/c1-11-19-20-15-14(16(23)18-13-7-8-13)22(10-9-21(11)15)17(24)12-5-3-2-4-6-12/h2-6,13-14H,7-10H2,1H3,(H,18,23). The molecule has 4 rings (SSSR count). The number of rotatable bonds is 3. The average molecular weight is 325 g/mol. The highest BCUT2D eigenvalue weighted by atomic mass is 16.2. The number of hydrogen-bond donors (Lipinski definition) is 1. The van der Waals surface area contributed by atoms with Crippen LogP contribution in [0.2, 0.25) is 0 Å². The third kappa shape index (κ3) is 2.55. The molecule has 7 nitrogen and oxygen atoms in total. The molecule has 1 saturated carbocycles. The van der Waals surface area contributed by atoms with E-state index < -0.39 is 6.04 Å². The van der Waals surface area contributed by atoms with Gasteiger partial charge >= 0.3 is 0 Å². The summed E-state index contributed by atoms with van der Waals surface area (Å²) in [5, 5.41) is 11.3. The van der Waals surface area contributed by atoms with Crippen LogP contribution in [-0.2, 0) is 11.3 Å². The molecule has 7 heteroatoms. The van der Waals surface area contributed by atoms with Crippen molar-refractivity contribution in [1.82, 2.24) is 25.0 Å². The van der Waals surface area contributed by atoms with Crippen LogP contribution in [0.4, 0.5) is 0 Å². The van der Waals surface area contributed by atoms with Gasteiger partial charge in [0.25, 0.3) is 11.8 Å². The maximum absolute atomic E-state index is 12.9. The molecule has 124 valence electrons. The summed E-state index contributed by atoms with van der Waals surface area (Å²) in [7, 11) is 0. The number of nitrogens with zero attached hydrogens (tertiary/aromatic N) is 4. The van der Waals surface area contributed by atoms with E-state index in [4.69, 9.17) is 0 Å². The van der Waals surface area contributed by atoms with E-state index in [1.807, 2.05) is 29.7 Å². The van der Waals surface area contributed by atoms with Crippen molar-refractivity contribution in [3.63, 3.8) is 0 Å². The number of benzene rings is 1. The Hall–Kier alpha value is -2.70. The van der Waals surface area contributed by atoms with Gasteiger partial charge in [-0.15, -0.1) is 10.2 Å². The van der Waals surface area contributed by atoms with Gasteiger partial charge in [-0.3, -0.25) is 9.59 Å². The van der Waals surface area contributed by atoms with Crippen LogP contribution in [0.15, 0.2) is 30.3 Å². The second-order valence-electron chi connectivity index (χ2n) is 6.31. The van der Waals surface area contributed by atoms with Crippen LogP contribution < -0.4 is 5.32 Å². The lowest BCUT2D eigenvalue weighted by Crippen LogP contribution is -2.49. The molecule has 0 radical (unpaired) electrons. The van der Waals surface area contributed by atoms with E-state index >= 15 is 0 Å². The van der Waals surface area contributed by atoms with E-state index in [0.29, 0.717) is 24.5 Å². The van der Waals surface area contributed by atoms with Crippen LogP contribution in [-0.4, -0.2) is 44.1 Å². The Labute approximate surface area is 139 Å². The summed E-state index contributed by atoms with van der Waals surface area (Å²) in [6.45, 7) is 2.92. The van der Waals surface area contributed by atoms with Crippen molar-refractivity contribution in [1.29, 1.82) is 0 Å². The molecule has 1 fully saturated rings. The highest BCUT2D eigenvalue weighted by molar-refractivity contribution is 5.97. The predicted octanol–water partition coefficient (Wildman–Crippen LogP) is 1.06. The number of carbonyl (C=O) groups is 2. The molecule has 1 N–H and O–H groups in total. The highest BCUT2D eigenvalue weighted by Crippen LogP contribution is 2.28. The summed E-state index contributed by atoms with van der Waals surface area (Å²) in [5.74, 6) is 0.982. The number of aromatic nitrogens is 3. The molecule has 0 spiro atoms. The second-order valence-corrected chi connectivity index (χ2v) is 6.31. The zero-order chi connectivity index (χ0) is 16.7. The molecular weight excluding hydrogens is 306 g/mol. The van der Waals surface area contributed by atoms with Crippen LogP contribution in [0, 0.1) is 6.92 Å². The van der Waals surface area contributed by atoms with Gasteiger partial charge in [-0.2, -0.15) is 0 Å². The van der Waals surface area contributed by atoms with Crippen molar-refractivity contribution < 1.29 is 9.59 Å². The lowest BCUT2D eigenvalue weighted by atomic mass is 10.1. The fourth-order valence-corrected chi connectivity index (χ4v) is 3.08. The van der Waals surface area contributed by atoms with Crippen molar-refractivity contribution >= 4 is 11.8 Å². The molecule has 1 aliphatic carbocycles. The Morgan fingerprint density at radius 3 is 2.58 bits per heavy atom. The zero-order valence-corrected chi connectivity index (χ0v) is 13.5. The van der Waals surface area contributed by atoms with Crippen LogP contribution in [0.5, 0.6) is 0 Å². The van der Waals surface area contributed by atoms with Gasteiger partial charge in [0.15, 0.2) is 11.9 Å². The number of hydrogen-bond acceptors (Lipinski definition) is 4. The molecule has 2 heterocycles. The third-order valence-corrected chi connectivity index (χ3v) is 4.54. The van der Waals surface area contributed by atoms with E-state index in [-0.39, 0.29) is 17.9 Å². The van der Waals surface area contributed by atoms with Crippen LogP contribution in [0.1, 0.15) is 40.9 Å². The Balaban J connectivity index is 1.69. The Bertz CT molecular complexity index is 782. The van der Waals surface area contributed by atoms with Gasteiger partial charge < -0.3 is 14.8 Å². The smallest absolute Gasteiger partial charge is 0.254 e. The molecule has 1 aliphatic heterocycles. The van der Waals surface area contributed by atoms with E-state index in [0.717, 1.165) is 18.7 Å². The quantitative estimate of drug-likeness (QED) is 0.915. The lowest BCUT2D eigenvalue weighted by molar-refractivity contribution is -0.127. The minimum Gasteiger partial charge on any atom is -0.351 e. The Morgan fingerprint density at radius 1 is 1.12 bits per heavy atom. The van der Waals surface area contributed by atoms with Crippen molar-refractivity contribution in [2.75, 3.05) is 6.54 Å². The number of fused-ring (bicyclic) bond motifs is 1. The Kier molecular flexibility index (Phi) is 3.55. The number of amides is 2. The Morgan fingerprint density at radius 2 is 1.88 bits per heavy atom. The minimum atomic E-state index is -0.728. The summed E-state index contributed by atoms with van der Waals surface area (Å²) < 4.78 is 1.92. The fourth-order valence-electron chi connectivity index (χ4n) is 3.08. The van der Waals surface area contributed by atoms with Crippen molar-refractivity contribution in [2.45, 2.75) is 38.4 Å². The topological polar surface area (TPSA) is 80.1 Å². The van der Waals surface area contributed by atoms with E-state index in [1.54, 1.807) is 17.0 Å². The highest BCUT2D eigenvalue weighted by Gasteiger charge is 2.40. The van der Waals surface area contributed by atoms with Gasteiger partial charge in [0.05, 0.1) is 0 Å². The molecule has 1 atom stereocenters. The molecular formula is C17H19N5O2. The van der Waals surface area contributed by atoms with Crippen molar-refractivity contribution in [2.24, 2.45) is 0 Å². The first kappa shape index (κ1) is 14.9. The van der Waals surface area contributed by atoms with Gasteiger partial charge in [0, 0.05) is 24.7 Å². The summed E-state index contributed by atoms with van der Waals surface area (Å²) in [5.41, 5.74) is 0.575. The summed E-state index contributed by atoms with van der Waals surface area (Å²) in [4.78, 5) is 27.3. The first-order chi connectivity index (χ1) is 11.6. The monoisotopic (exact) mass is 325 g/mol. The van der Waals surface area contributed by atoms with Gasteiger partial charge in [0.2, 0.25) is 0 Å². The molecule has 1 aromatic carbocycles. The van der Waals surface area contributed by atoms with Gasteiger partial charge in [-0.05, 0) is 31.9 Å². The first-order valence-electron chi connectivity index (χ1n) is 8.21. The lowest BCUT2D eigenvalue weighted by Gasteiger charge is -2.34. The number of aryl methyl sites for hydroxylation is 1. The van der Waals surface area contributed by atoms with Gasteiger partial charge in [0.1, 0.15) is 5.82 Å². The summed E-state index contributed by atoms with van der Waals surface area (Å²) >= 11 is 0.